The maximum absolute atomic E-state index is 11.6. The minimum absolute atomic E-state index is 0.264. The standard InChI is InChI=1S/C12H13NO2S/c1-12(11(14)15-2)13-8-10(16-12)9-6-4-3-5-7-9/h3-8,13H,1-2H3. The van der Waals surface area contributed by atoms with Gasteiger partial charge in [-0.3, -0.25) is 0 Å². The molecule has 0 saturated carbocycles. The molecule has 1 aromatic carbocycles. The third kappa shape index (κ3) is 1.93. The first-order valence-corrected chi connectivity index (χ1v) is 5.78. The fourth-order valence-corrected chi connectivity index (χ4v) is 2.62. The van der Waals surface area contributed by atoms with E-state index in [9.17, 15) is 4.79 Å². The molecule has 0 fully saturated rings. The molecule has 1 aliphatic heterocycles. The lowest BCUT2D eigenvalue weighted by atomic mass is 10.2. The molecule has 0 bridgehead atoms. The molecule has 1 atom stereocenters. The van der Waals surface area contributed by atoms with Gasteiger partial charge in [0, 0.05) is 11.1 Å². The Kier molecular flexibility index (Phi) is 2.92. The fourth-order valence-electron chi connectivity index (χ4n) is 1.52. The second-order valence-corrected chi connectivity index (χ2v) is 5.11. The number of esters is 1. The van der Waals surface area contributed by atoms with Crippen LogP contribution in [0.15, 0.2) is 36.5 Å². The minimum atomic E-state index is -0.708. The summed E-state index contributed by atoms with van der Waals surface area (Å²) in [6.45, 7) is 1.82. The molecular weight excluding hydrogens is 222 g/mol. The molecule has 4 heteroatoms. The number of nitrogens with one attached hydrogen (secondary N) is 1. The minimum Gasteiger partial charge on any atom is -0.467 e. The summed E-state index contributed by atoms with van der Waals surface area (Å²) >= 11 is 1.47. The van der Waals surface area contributed by atoms with Crippen LogP contribution < -0.4 is 5.32 Å². The number of benzene rings is 1. The Bertz CT molecular complexity index is 430. The van der Waals surface area contributed by atoms with Crippen LogP contribution in [0.1, 0.15) is 12.5 Å². The van der Waals surface area contributed by atoms with E-state index in [1.807, 2.05) is 43.5 Å². The van der Waals surface area contributed by atoms with Gasteiger partial charge in [-0.1, -0.05) is 42.1 Å². The lowest BCUT2D eigenvalue weighted by molar-refractivity contribution is -0.143. The highest BCUT2D eigenvalue weighted by atomic mass is 32.2. The zero-order chi connectivity index (χ0) is 11.6. The Morgan fingerprint density at radius 2 is 2.06 bits per heavy atom. The van der Waals surface area contributed by atoms with Crippen molar-refractivity contribution in [2.75, 3.05) is 7.11 Å². The van der Waals surface area contributed by atoms with Gasteiger partial charge >= 0.3 is 5.97 Å². The molecule has 0 spiro atoms. The zero-order valence-corrected chi connectivity index (χ0v) is 10.0. The van der Waals surface area contributed by atoms with Crippen LogP contribution in [0.5, 0.6) is 0 Å². The van der Waals surface area contributed by atoms with E-state index in [1.54, 1.807) is 0 Å². The third-order valence-corrected chi connectivity index (χ3v) is 3.69. The molecule has 16 heavy (non-hydrogen) atoms. The summed E-state index contributed by atoms with van der Waals surface area (Å²) in [7, 11) is 1.40. The van der Waals surface area contributed by atoms with Crippen molar-refractivity contribution in [3.8, 4) is 0 Å². The summed E-state index contributed by atoms with van der Waals surface area (Å²) in [6.07, 6.45) is 1.86. The van der Waals surface area contributed by atoms with Gasteiger partial charge in [-0.25, -0.2) is 4.79 Å². The summed E-state index contributed by atoms with van der Waals surface area (Å²) < 4.78 is 4.77. The third-order valence-electron chi connectivity index (χ3n) is 2.43. The number of hydrogen-bond acceptors (Lipinski definition) is 4. The second kappa shape index (κ2) is 4.22. The lowest BCUT2D eigenvalue weighted by Gasteiger charge is -2.20. The number of ether oxygens (including phenoxy) is 1. The van der Waals surface area contributed by atoms with Crippen LogP contribution in [0.2, 0.25) is 0 Å². The van der Waals surface area contributed by atoms with Gasteiger partial charge in [0.2, 0.25) is 0 Å². The van der Waals surface area contributed by atoms with E-state index in [4.69, 9.17) is 4.74 Å². The number of methoxy groups -OCH3 is 1. The van der Waals surface area contributed by atoms with Crippen LogP contribution in [0.4, 0.5) is 0 Å². The molecule has 1 unspecified atom stereocenters. The summed E-state index contributed by atoms with van der Waals surface area (Å²) in [5.74, 6) is -0.264. The van der Waals surface area contributed by atoms with E-state index in [0.717, 1.165) is 10.5 Å². The number of hydrogen-bond donors (Lipinski definition) is 1. The lowest BCUT2D eigenvalue weighted by Crippen LogP contribution is -2.41. The molecule has 2 rings (SSSR count). The number of carbonyl (C=O) groups excluding carboxylic acids is 1. The summed E-state index contributed by atoms with van der Waals surface area (Å²) in [6, 6.07) is 9.96. The smallest absolute Gasteiger partial charge is 0.342 e. The summed E-state index contributed by atoms with van der Waals surface area (Å²) in [5.41, 5.74) is 1.10. The van der Waals surface area contributed by atoms with Gasteiger partial charge in [0.1, 0.15) is 0 Å². The van der Waals surface area contributed by atoms with Crippen molar-refractivity contribution in [2.24, 2.45) is 0 Å². The van der Waals surface area contributed by atoms with Gasteiger partial charge in [-0.2, -0.15) is 0 Å². The Balaban J connectivity index is 2.17. The van der Waals surface area contributed by atoms with Gasteiger partial charge in [0.15, 0.2) is 4.87 Å². The summed E-state index contributed by atoms with van der Waals surface area (Å²) in [5, 5.41) is 3.06. The first-order chi connectivity index (χ1) is 7.65. The molecule has 0 aliphatic carbocycles. The molecule has 1 heterocycles. The van der Waals surface area contributed by atoms with Crippen LogP contribution in [0.25, 0.3) is 4.91 Å². The Morgan fingerprint density at radius 3 is 2.69 bits per heavy atom. The van der Waals surface area contributed by atoms with Crippen molar-refractivity contribution in [2.45, 2.75) is 11.8 Å². The fraction of sp³-hybridized carbons (Fsp3) is 0.250. The normalized spacial score (nSPS) is 23.5. The van der Waals surface area contributed by atoms with Crippen LogP contribution >= 0.6 is 11.8 Å². The van der Waals surface area contributed by atoms with Crippen LogP contribution in [-0.4, -0.2) is 18.0 Å². The highest BCUT2D eigenvalue weighted by Crippen LogP contribution is 2.41. The first-order valence-electron chi connectivity index (χ1n) is 4.96. The monoisotopic (exact) mass is 235 g/mol. The molecule has 1 aromatic rings. The molecule has 3 nitrogen and oxygen atoms in total. The largest absolute Gasteiger partial charge is 0.467 e. The SMILES string of the molecule is COC(=O)C1(C)NC=C(c2ccccc2)S1. The zero-order valence-electron chi connectivity index (χ0n) is 9.19. The van der Waals surface area contributed by atoms with E-state index < -0.39 is 4.87 Å². The van der Waals surface area contributed by atoms with Gasteiger partial charge in [-0.15, -0.1) is 0 Å². The van der Waals surface area contributed by atoms with Crippen LogP contribution in [0, 0.1) is 0 Å². The number of carbonyl (C=O) groups is 1. The predicted octanol–water partition coefficient (Wildman–Crippen LogP) is 2.21. The maximum atomic E-state index is 11.6. The molecule has 0 radical (unpaired) electrons. The van der Waals surface area contributed by atoms with Gasteiger partial charge in [0.05, 0.1) is 7.11 Å². The van der Waals surface area contributed by atoms with E-state index in [2.05, 4.69) is 5.32 Å². The first kappa shape index (κ1) is 11.1. The van der Waals surface area contributed by atoms with Crippen molar-refractivity contribution < 1.29 is 9.53 Å². The van der Waals surface area contributed by atoms with E-state index >= 15 is 0 Å². The van der Waals surface area contributed by atoms with E-state index in [-0.39, 0.29) is 5.97 Å². The van der Waals surface area contributed by atoms with E-state index in [0.29, 0.717) is 0 Å². The maximum Gasteiger partial charge on any atom is 0.342 e. The molecule has 0 aromatic heterocycles. The highest BCUT2D eigenvalue weighted by Gasteiger charge is 2.39. The second-order valence-electron chi connectivity index (χ2n) is 3.65. The average Bonchev–Trinajstić information content (AvgIpc) is 2.73. The molecule has 0 saturated heterocycles. The molecule has 84 valence electrons. The van der Waals surface area contributed by atoms with Gasteiger partial charge in [0.25, 0.3) is 0 Å². The van der Waals surface area contributed by atoms with Crippen molar-refractivity contribution in [1.82, 2.24) is 5.32 Å². The molecule has 1 N–H and O–H groups in total. The molecular formula is C12H13NO2S. The van der Waals surface area contributed by atoms with Crippen LogP contribution in [-0.2, 0) is 9.53 Å². The van der Waals surface area contributed by atoms with Crippen molar-refractivity contribution in [3.63, 3.8) is 0 Å². The van der Waals surface area contributed by atoms with Crippen molar-refractivity contribution in [3.05, 3.63) is 42.1 Å². The van der Waals surface area contributed by atoms with Gasteiger partial charge < -0.3 is 10.1 Å². The van der Waals surface area contributed by atoms with Crippen LogP contribution in [0.3, 0.4) is 0 Å². The van der Waals surface area contributed by atoms with E-state index in [1.165, 1.54) is 18.9 Å². The average molecular weight is 235 g/mol. The Hall–Kier alpha value is -1.42. The van der Waals surface area contributed by atoms with Gasteiger partial charge in [-0.05, 0) is 12.5 Å². The molecule has 1 aliphatic rings. The molecule has 0 amide bonds. The predicted molar refractivity (Wildman–Crippen MR) is 65.6 cm³/mol. The topological polar surface area (TPSA) is 38.3 Å². The quantitative estimate of drug-likeness (QED) is 0.798. The Labute approximate surface area is 98.9 Å². The van der Waals surface area contributed by atoms with Crippen molar-refractivity contribution >= 4 is 22.6 Å². The highest BCUT2D eigenvalue weighted by molar-refractivity contribution is 8.10. The number of rotatable bonds is 2. The Morgan fingerprint density at radius 1 is 1.38 bits per heavy atom. The summed E-state index contributed by atoms with van der Waals surface area (Å²) in [4.78, 5) is 11.9. The van der Waals surface area contributed by atoms with Crippen molar-refractivity contribution in [1.29, 1.82) is 0 Å². The number of thioether (sulfide) groups is 1.